The van der Waals surface area contributed by atoms with Gasteiger partial charge in [0, 0.05) is 17.6 Å². The highest BCUT2D eigenvalue weighted by atomic mass is 16.4. The SMILES string of the molecule is CCn1ncc2c(N)cc(C(=O)O)cc21. The number of nitrogens with two attached hydrogens (primary N) is 1. The topological polar surface area (TPSA) is 81.1 Å². The maximum Gasteiger partial charge on any atom is 0.335 e. The summed E-state index contributed by atoms with van der Waals surface area (Å²) < 4.78 is 1.72. The van der Waals surface area contributed by atoms with Crippen molar-refractivity contribution in [2.45, 2.75) is 13.5 Å². The Morgan fingerprint density at radius 1 is 1.60 bits per heavy atom. The number of aromatic carboxylic acids is 1. The second-order valence-electron chi connectivity index (χ2n) is 3.26. The fraction of sp³-hybridized carbons (Fsp3) is 0.200. The molecule has 15 heavy (non-hydrogen) atoms. The van der Waals surface area contributed by atoms with Crippen LogP contribution in [0.4, 0.5) is 5.69 Å². The number of fused-ring (bicyclic) bond motifs is 1. The van der Waals surface area contributed by atoms with Crippen LogP contribution in [0.2, 0.25) is 0 Å². The van der Waals surface area contributed by atoms with Crippen LogP contribution in [0.25, 0.3) is 10.9 Å². The van der Waals surface area contributed by atoms with Gasteiger partial charge in [-0.25, -0.2) is 4.79 Å². The lowest BCUT2D eigenvalue weighted by Crippen LogP contribution is -2.01. The number of rotatable bonds is 2. The minimum Gasteiger partial charge on any atom is -0.478 e. The lowest BCUT2D eigenvalue weighted by Gasteiger charge is -2.02. The minimum absolute atomic E-state index is 0.190. The van der Waals surface area contributed by atoms with Crippen LogP contribution in [0, 0.1) is 0 Å². The van der Waals surface area contributed by atoms with E-state index in [1.807, 2.05) is 6.92 Å². The predicted octanol–water partition coefficient (Wildman–Crippen LogP) is 1.34. The molecule has 2 aromatic rings. The zero-order chi connectivity index (χ0) is 11.0. The van der Waals surface area contributed by atoms with Gasteiger partial charge in [0.05, 0.1) is 17.3 Å². The number of aromatic nitrogens is 2. The van der Waals surface area contributed by atoms with Crippen molar-refractivity contribution in [3.8, 4) is 0 Å². The molecule has 0 bridgehead atoms. The Hall–Kier alpha value is -2.04. The molecule has 0 saturated carbocycles. The molecule has 0 spiro atoms. The quantitative estimate of drug-likeness (QED) is 0.725. The molecule has 0 aliphatic rings. The molecule has 0 aliphatic carbocycles. The minimum atomic E-state index is -0.979. The van der Waals surface area contributed by atoms with Crippen molar-refractivity contribution in [1.82, 2.24) is 9.78 Å². The van der Waals surface area contributed by atoms with Gasteiger partial charge in [-0.05, 0) is 19.1 Å². The Kier molecular flexibility index (Phi) is 2.07. The van der Waals surface area contributed by atoms with Gasteiger partial charge in [0.25, 0.3) is 0 Å². The maximum atomic E-state index is 10.8. The van der Waals surface area contributed by atoms with E-state index in [-0.39, 0.29) is 5.56 Å². The van der Waals surface area contributed by atoms with Crippen LogP contribution in [-0.2, 0) is 6.54 Å². The number of carbonyl (C=O) groups is 1. The first-order valence-electron chi connectivity index (χ1n) is 4.61. The van der Waals surface area contributed by atoms with Crippen LogP contribution < -0.4 is 5.73 Å². The van der Waals surface area contributed by atoms with Gasteiger partial charge < -0.3 is 10.8 Å². The van der Waals surface area contributed by atoms with Crippen molar-refractivity contribution in [3.63, 3.8) is 0 Å². The summed E-state index contributed by atoms with van der Waals surface area (Å²) in [6, 6.07) is 3.04. The third-order valence-electron chi connectivity index (χ3n) is 2.34. The van der Waals surface area contributed by atoms with Gasteiger partial charge >= 0.3 is 5.97 Å². The molecule has 0 amide bonds. The Bertz CT molecular complexity index is 531. The fourth-order valence-electron chi connectivity index (χ4n) is 1.58. The Morgan fingerprint density at radius 2 is 2.33 bits per heavy atom. The molecule has 3 N–H and O–H groups in total. The molecule has 0 unspecified atom stereocenters. The van der Waals surface area contributed by atoms with E-state index < -0.39 is 5.97 Å². The molecule has 5 heteroatoms. The molecule has 1 aromatic carbocycles. The second-order valence-corrected chi connectivity index (χ2v) is 3.26. The van der Waals surface area contributed by atoms with Gasteiger partial charge in [0.15, 0.2) is 0 Å². The second kappa shape index (κ2) is 3.27. The van der Waals surface area contributed by atoms with Gasteiger partial charge in [0.2, 0.25) is 0 Å². The monoisotopic (exact) mass is 205 g/mol. The molecule has 5 nitrogen and oxygen atoms in total. The number of benzene rings is 1. The number of carboxylic acids is 1. The molecule has 78 valence electrons. The summed E-state index contributed by atoms with van der Waals surface area (Å²) in [7, 11) is 0. The van der Waals surface area contributed by atoms with Gasteiger partial charge in [-0.1, -0.05) is 0 Å². The molecule has 0 saturated heterocycles. The summed E-state index contributed by atoms with van der Waals surface area (Å²) in [6.07, 6.45) is 1.65. The van der Waals surface area contributed by atoms with Crippen LogP contribution in [-0.4, -0.2) is 20.9 Å². The highest BCUT2D eigenvalue weighted by molar-refractivity contribution is 5.98. The average Bonchev–Trinajstić information content (AvgIpc) is 2.60. The van der Waals surface area contributed by atoms with Gasteiger partial charge in [-0.2, -0.15) is 5.10 Å². The van der Waals surface area contributed by atoms with Crippen LogP contribution in [0.5, 0.6) is 0 Å². The number of nitrogens with zero attached hydrogens (tertiary/aromatic N) is 2. The summed E-state index contributed by atoms with van der Waals surface area (Å²) in [5, 5.41) is 13.8. The maximum absolute atomic E-state index is 10.8. The van der Waals surface area contributed by atoms with E-state index in [1.54, 1.807) is 16.9 Å². The van der Waals surface area contributed by atoms with Crippen LogP contribution in [0.3, 0.4) is 0 Å². The lowest BCUT2D eigenvalue weighted by molar-refractivity contribution is 0.0697. The van der Waals surface area contributed by atoms with Crippen LogP contribution >= 0.6 is 0 Å². The van der Waals surface area contributed by atoms with E-state index >= 15 is 0 Å². The molecule has 0 atom stereocenters. The van der Waals surface area contributed by atoms with E-state index in [2.05, 4.69) is 5.10 Å². The normalized spacial score (nSPS) is 10.7. The lowest BCUT2D eigenvalue weighted by atomic mass is 10.1. The van der Waals surface area contributed by atoms with E-state index in [0.717, 1.165) is 10.9 Å². The largest absolute Gasteiger partial charge is 0.478 e. The first-order valence-corrected chi connectivity index (χ1v) is 4.61. The average molecular weight is 205 g/mol. The molecule has 0 aliphatic heterocycles. The summed E-state index contributed by atoms with van der Waals surface area (Å²) in [5.74, 6) is -0.979. The number of hydrogen-bond donors (Lipinski definition) is 2. The van der Waals surface area contributed by atoms with Gasteiger partial charge in [-0.3, -0.25) is 4.68 Å². The van der Waals surface area contributed by atoms with Crippen molar-refractivity contribution in [1.29, 1.82) is 0 Å². The summed E-state index contributed by atoms with van der Waals surface area (Å²) in [6.45, 7) is 2.63. The van der Waals surface area contributed by atoms with E-state index in [4.69, 9.17) is 10.8 Å². The van der Waals surface area contributed by atoms with Crippen molar-refractivity contribution in [2.24, 2.45) is 0 Å². The highest BCUT2D eigenvalue weighted by Crippen LogP contribution is 2.22. The Morgan fingerprint density at radius 3 is 2.93 bits per heavy atom. The molecule has 2 rings (SSSR count). The van der Waals surface area contributed by atoms with E-state index in [9.17, 15) is 4.79 Å². The number of carboxylic acid groups (broad SMARTS) is 1. The van der Waals surface area contributed by atoms with E-state index in [0.29, 0.717) is 12.2 Å². The smallest absolute Gasteiger partial charge is 0.335 e. The third kappa shape index (κ3) is 1.41. The third-order valence-corrected chi connectivity index (χ3v) is 2.34. The Labute approximate surface area is 86.1 Å². The summed E-state index contributed by atoms with van der Waals surface area (Å²) in [4.78, 5) is 10.8. The van der Waals surface area contributed by atoms with Gasteiger partial charge in [-0.15, -0.1) is 0 Å². The summed E-state index contributed by atoms with van der Waals surface area (Å²) >= 11 is 0. The van der Waals surface area contributed by atoms with Crippen LogP contribution in [0.15, 0.2) is 18.3 Å². The van der Waals surface area contributed by atoms with Gasteiger partial charge in [0.1, 0.15) is 0 Å². The molecular weight excluding hydrogens is 194 g/mol. The van der Waals surface area contributed by atoms with Crippen molar-refractivity contribution in [2.75, 3.05) is 5.73 Å². The van der Waals surface area contributed by atoms with Crippen LogP contribution in [0.1, 0.15) is 17.3 Å². The fourth-order valence-corrected chi connectivity index (χ4v) is 1.58. The number of anilines is 1. The molecular formula is C10H11N3O2. The van der Waals surface area contributed by atoms with Crippen molar-refractivity contribution < 1.29 is 9.90 Å². The van der Waals surface area contributed by atoms with Crippen molar-refractivity contribution >= 4 is 22.6 Å². The number of nitrogen functional groups attached to an aromatic ring is 1. The standard InChI is InChI=1S/C10H11N3O2/c1-2-13-9-4-6(10(14)15)3-8(11)7(9)5-12-13/h3-5H,2,11H2,1H3,(H,14,15). The predicted molar refractivity (Wildman–Crippen MR) is 56.8 cm³/mol. The van der Waals surface area contributed by atoms with E-state index in [1.165, 1.54) is 6.07 Å². The number of hydrogen-bond acceptors (Lipinski definition) is 3. The zero-order valence-electron chi connectivity index (χ0n) is 8.27. The highest BCUT2D eigenvalue weighted by Gasteiger charge is 2.10. The number of aryl methyl sites for hydroxylation is 1. The molecule has 0 fully saturated rings. The first-order chi connectivity index (χ1) is 7.13. The molecule has 1 heterocycles. The Balaban J connectivity index is 2.77. The van der Waals surface area contributed by atoms with Crippen molar-refractivity contribution in [3.05, 3.63) is 23.9 Å². The molecule has 1 aromatic heterocycles. The molecule has 0 radical (unpaired) electrons. The zero-order valence-corrected chi connectivity index (χ0v) is 8.27. The first kappa shape index (κ1) is 9.51. The summed E-state index contributed by atoms with van der Waals surface area (Å²) in [5.41, 5.74) is 7.14.